The number of hydrogen-bond donors (Lipinski definition) is 1. The first-order chi connectivity index (χ1) is 17.6. The van der Waals surface area contributed by atoms with Crippen molar-refractivity contribution in [3.63, 3.8) is 0 Å². The second-order valence-corrected chi connectivity index (χ2v) is 10.7. The fourth-order valence-corrected chi connectivity index (χ4v) is 4.35. The molecule has 1 N–H and O–H groups in total. The number of benzene rings is 1. The molecule has 5 rings (SSSR count). The lowest BCUT2D eigenvalue weighted by atomic mass is 9.78. The largest absolute Gasteiger partial charge is 0.497 e. The molecular weight excluding hydrogens is 469 g/mol. The smallest absolute Gasteiger partial charge is 0.497 e. The molecule has 1 amide bonds. The molecule has 3 aromatic rings. The maximum absolute atomic E-state index is 12.4. The number of amides is 1. The van der Waals surface area contributed by atoms with Crippen molar-refractivity contribution in [1.82, 2.24) is 15.2 Å². The number of methoxy groups -OCH3 is 1. The van der Waals surface area contributed by atoms with E-state index in [-0.39, 0.29) is 11.8 Å². The summed E-state index contributed by atoms with van der Waals surface area (Å²) in [5.74, 6) is 1.98. The van der Waals surface area contributed by atoms with Crippen molar-refractivity contribution in [2.45, 2.75) is 65.2 Å². The molecule has 10 heteroatoms. The van der Waals surface area contributed by atoms with Crippen LogP contribution < -0.4 is 20.4 Å². The van der Waals surface area contributed by atoms with Crippen molar-refractivity contribution >= 4 is 41.0 Å². The number of hydrogen-bond acceptors (Lipinski definition) is 8. The number of pyridine rings is 1. The first-order valence-electron chi connectivity index (χ1n) is 12.8. The van der Waals surface area contributed by atoms with Gasteiger partial charge in [0.05, 0.1) is 18.3 Å². The van der Waals surface area contributed by atoms with Crippen molar-refractivity contribution in [3.05, 3.63) is 42.1 Å². The van der Waals surface area contributed by atoms with Gasteiger partial charge in [0.15, 0.2) is 11.6 Å². The highest BCUT2D eigenvalue weighted by Gasteiger charge is 2.52. The van der Waals surface area contributed by atoms with Gasteiger partial charge in [0, 0.05) is 36.1 Å². The summed E-state index contributed by atoms with van der Waals surface area (Å²) in [6.07, 6.45) is 3.62. The normalized spacial score (nSPS) is 18.2. The van der Waals surface area contributed by atoms with Gasteiger partial charge < -0.3 is 24.3 Å². The Hall–Kier alpha value is -3.24. The monoisotopic (exact) mass is 503 g/mol. The Labute approximate surface area is 218 Å². The van der Waals surface area contributed by atoms with E-state index >= 15 is 0 Å². The molecule has 0 bridgehead atoms. The lowest BCUT2D eigenvalue weighted by molar-refractivity contribution is -0.117. The maximum Gasteiger partial charge on any atom is 0.497 e. The van der Waals surface area contributed by atoms with Gasteiger partial charge in [-0.3, -0.25) is 4.79 Å². The van der Waals surface area contributed by atoms with Gasteiger partial charge in [-0.05, 0) is 71.2 Å². The van der Waals surface area contributed by atoms with Crippen molar-refractivity contribution < 1.29 is 18.8 Å². The van der Waals surface area contributed by atoms with Crippen molar-refractivity contribution in [1.29, 1.82) is 0 Å². The zero-order chi connectivity index (χ0) is 26.4. The molecule has 1 saturated heterocycles. The van der Waals surface area contributed by atoms with E-state index in [1.807, 2.05) is 58.0 Å². The van der Waals surface area contributed by atoms with E-state index in [1.165, 1.54) is 0 Å². The van der Waals surface area contributed by atoms with Crippen molar-refractivity contribution in [3.8, 4) is 5.75 Å². The topological polar surface area (TPSA) is 98.7 Å². The molecule has 0 radical (unpaired) electrons. The third-order valence-corrected chi connectivity index (χ3v) is 7.56. The number of fused-ring (bicyclic) bond motifs is 1. The fourth-order valence-electron chi connectivity index (χ4n) is 4.35. The molecule has 2 aromatic heterocycles. The van der Waals surface area contributed by atoms with Gasteiger partial charge in [0.25, 0.3) is 0 Å². The van der Waals surface area contributed by atoms with Crippen LogP contribution in [0.15, 0.2) is 36.5 Å². The summed E-state index contributed by atoms with van der Waals surface area (Å²) in [6.45, 7) is 11.5. The van der Waals surface area contributed by atoms with Gasteiger partial charge in [-0.1, -0.05) is 12.1 Å². The van der Waals surface area contributed by atoms with Crippen LogP contribution in [0.5, 0.6) is 5.75 Å². The van der Waals surface area contributed by atoms with Gasteiger partial charge in [-0.15, -0.1) is 10.2 Å². The van der Waals surface area contributed by atoms with Crippen LogP contribution in [0.3, 0.4) is 0 Å². The quantitative estimate of drug-likeness (QED) is 0.465. The molecule has 37 heavy (non-hydrogen) atoms. The number of ether oxygens (including phenoxy) is 1. The summed E-state index contributed by atoms with van der Waals surface area (Å²) in [4.78, 5) is 19.4. The Morgan fingerprint density at radius 3 is 2.41 bits per heavy atom. The van der Waals surface area contributed by atoms with E-state index in [0.29, 0.717) is 30.2 Å². The Kier molecular flexibility index (Phi) is 6.58. The summed E-state index contributed by atoms with van der Waals surface area (Å²) in [6, 6.07) is 9.84. The van der Waals surface area contributed by atoms with E-state index in [1.54, 1.807) is 13.3 Å². The molecule has 0 atom stereocenters. The zero-order valence-electron chi connectivity index (χ0n) is 22.4. The molecule has 1 aliphatic carbocycles. The van der Waals surface area contributed by atoms with Crippen LogP contribution in [0.1, 0.15) is 53.0 Å². The van der Waals surface area contributed by atoms with Crippen molar-refractivity contribution in [2.75, 3.05) is 23.9 Å². The number of carbonyl (C=O) groups is 1. The van der Waals surface area contributed by atoms with Gasteiger partial charge in [0.2, 0.25) is 5.91 Å². The number of carbonyl (C=O) groups excluding carboxylic acids is 1. The predicted octanol–water partition coefficient (Wildman–Crippen LogP) is 3.71. The van der Waals surface area contributed by atoms with Gasteiger partial charge in [-0.2, -0.15) is 0 Å². The summed E-state index contributed by atoms with van der Waals surface area (Å²) in [5.41, 5.74) is 1.50. The molecule has 1 aliphatic heterocycles. The molecule has 2 aliphatic rings. The molecule has 1 saturated carbocycles. The minimum absolute atomic E-state index is 0.0187. The van der Waals surface area contributed by atoms with Crippen LogP contribution in [0.4, 0.5) is 11.6 Å². The molecule has 194 valence electrons. The molecule has 0 spiro atoms. The zero-order valence-corrected chi connectivity index (χ0v) is 22.4. The van der Waals surface area contributed by atoms with E-state index in [9.17, 15) is 4.79 Å². The Bertz CT molecular complexity index is 1290. The summed E-state index contributed by atoms with van der Waals surface area (Å²) in [5, 5.41) is 12.6. The van der Waals surface area contributed by atoms with Gasteiger partial charge in [0.1, 0.15) is 11.3 Å². The molecule has 3 heterocycles. The van der Waals surface area contributed by atoms with Crippen LogP contribution in [-0.2, 0) is 20.6 Å². The van der Waals surface area contributed by atoms with Crippen LogP contribution >= 0.6 is 0 Å². The van der Waals surface area contributed by atoms with E-state index in [0.717, 1.165) is 35.0 Å². The average Bonchev–Trinajstić information content (AvgIpc) is 3.69. The Balaban J connectivity index is 1.55. The molecule has 1 aromatic carbocycles. The summed E-state index contributed by atoms with van der Waals surface area (Å²) < 4.78 is 18.0. The maximum atomic E-state index is 12.4. The van der Waals surface area contributed by atoms with Crippen LogP contribution in [-0.4, -0.2) is 53.1 Å². The van der Waals surface area contributed by atoms with Crippen molar-refractivity contribution in [2.24, 2.45) is 5.92 Å². The fraction of sp³-hybridized carbons (Fsp3) is 0.481. The highest BCUT2D eigenvalue weighted by Crippen LogP contribution is 2.37. The molecular formula is C27H34BN5O4. The lowest BCUT2D eigenvalue weighted by Crippen LogP contribution is -2.41. The second-order valence-electron chi connectivity index (χ2n) is 10.7. The number of anilines is 2. The lowest BCUT2D eigenvalue weighted by Gasteiger charge is -2.32. The third-order valence-electron chi connectivity index (χ3n) is 7.56. The molecule has 0 unspecified atom stereocenters. The minimum Gasteiger partial charge on any atom is -0.497 e. The van der Waals surface area contributed by atoms with Crippen LogP contribution in [0, 0.1) is 5.92 Å². The average molecular weight is 503 g/mol. The van der Waals surface area contributed by atoms with Crippen LogP contribution in [0.2, 0.25) is 0 Å². The van der Waals surface area contributed by atoms with E-state index < -0.39 is 18.3 Å². The standard InChI is InChI=1S/C27H34BN5O4/c1-7-33(16-17-8-12-19(35-6)13-9-17)24-23-20(14-22(31-32-23)30-25(34)18-10-11-18)21(15-29-24)28-36-26(2,3)27(4,5)37-28/h8-9,12-15,18H,7,10-11,16H2,1-6H3,(H,30,31,34). The predicted molar refractivity (Wildman–Crippen MR) is 144 cm³/mol. The number of nitrogens with one attached hydrogen (secondary N) is 1. The SMILES string of the molecule is CCN(Cc1ccc(OC)cc1)c1ncc(B2OC(C)(C)C(C)(C)O2)c2cc(NC(=O)C3CC3)nnc12. The van der Waals surface area contributed by atoms with E-state index in [4.69, 9.17) is 19.0 Å². The highest BCUT2D eigenvalue weighted by atomic mass is 16.7. The van der Waals surface area contributed by atoms with Gasteiger partial charge in [-0.25, -0.2) is 4.98 Å². The molecule has 9 nitrogen and oxygen atoms in total. The summed E-state index contributed by atoms with van der Waals surface area (Å²) in [7, 11) is 1.03. The number of aromatic nitrogens is 3. The number of rotatable bonds is 8. The first-order valence-corrected chi connectivity index (χ1v) is 12.8. The summed E-state index contributed by atoms with van der Waals surface area (Å²) >= 11 is 0. The second kappa shape index (κ2) is 9.57. The van der Waals surface area contributed by atoms with E-state index in [2.05, 4.69) is 27.3 Å². The van der Waals surface area contributed by atoms with Crippen LogP contribution in [0.25, 0.3) is 10.9 Å². The number of nitrogens with zero attached hydrogens (tertiary/aromatic N) is 4. The highest BCUT2D eigenvalue weighted by molar-refractivity contribution is 6.65. The Morgan fingerprint density at radius 2 is 1.81 bits per heavy atom. The first kappa shape index (κ1) is 25.4. The van der Waals surface area contributed by atoms with Gasteiger partial charge >= 0.3 is 7.12 Å². The Morgan fingerprint density at radius 1 is 1.14 bits per heavy atom. The molecule has 2 fully saturated rings. The minimum atomic E-state index is -0.623. The third kappa shape index (κ3) is 5.00.